The Morgan fingerprint density at radius 2 is 0.753 bits per heavy atom. The van der Waals surface area contributed by atoms with Crippen molar-refractivity contribution in [3.05, 3.63) is 60.8 Å². The highest BCUT2D eigenvalue weighted by atomic mass is 31.2. The summed E-state index contributed by atoms with van der Waals surface area (Å²) < 4.78 is 23.8. The van der Waals surface area contributed by atoms with E-state index in [9.17, 15) is 19.4 Å². The van der Waals surface area contributed by atoms with Crippen molar-refractivity contribution in [2.45, 2.75) is 328 Å². The van der Waals surface area contributed by atoms with Gasteiger partial charge >= 0.3 is 7.82 Å². The van der Waals surface area contributed by atoms with Gasteiger partial charge in [-0.15, -0.1) is 0 Å². The predicted octanol–water partition coefficient (Wildman–Crippen LogP) is 20.8. The van der Waals surface area contributed by atoms with Gasteiger partial charge in [0, 0.05) is 6.42 Å². The highest BCUT2D eigenvalue weighted by Gasteiger charge is 2.28. The fraction of sp³-hybridized carbons (Fsp3) is 0.838. The van der Waals surface area contributed by atoms with E-state index >= 15 is 0 Å². The van der Waals surface area contributed by atoms with Crippen LogP contribution in [0.25, 0.3) is 0 Å². The van der Waals surface area contributed by atoms with E-state index in [4.69, 9.17) is 9.05 Å². The zero-order chi connectivity index (χ0) is 56.3. The number of phosphoric ester groups is 1. The summed E-state index contributed by atoms with van der Waals surface area (Å²) in [5.74, 6) is -0.187. The molecule has 0 spiro atoms. The summed E-state index contributed by atoms with van der Waals surface area (Å²) in [4.78, 5) is 23.4. The fourth-order valence-corrected chi connectivity index (χ4v) is 10.5. The topological polar surface area (TPSA) is 105 Å². The van der Waals surface area contributed by atoms with Crippen molar-refractivity contribution >= 4 is 13.7 Å². The Hall–Kier alpha value is -1.80. The van der Waals surface area contributed by atoms with Crippen LogP contribution in [0.4, 0.5) is 0 Å². The molecule has 0 aliphatic carbocycles. The van der Waals surface area contributed by atoms with E-state index in [1.165, 1.54) is 244 Å². The number of carbonyl (C=O) groups is 1. The maximum atomic E-state index is 13.0. The van der Waals surface area contributed by atoms with E-state index < -0.39 is 20.0 Å². The zero-order valence-electron chi connectivity index (χ0n) is 51.7. The highest BCUT2D eigenvalue weighted by molar-refractivity contribution is 7.47. The van der Waals surface area contributed by atoms with E-state index in [0.717, 1.165) is 51.4 Å². The van der Waals surface area contributed by atoms with Gasteiger partial charge in [0.2, 0.25) is 5.91 Å². The summed E-state index contributed by atoms with van der Waals surface area (Å²) in [7, 11) is 1.55. The summed E-state index contributed by atoms with van der Waals surface area (Å²) >= 11 is 0. The van der Waals surface area contributed by atoms with Crippen LogP contribution in [0.2, 0.25) is 0 Å². The van der Waals surface area contributed by atoms with E-state index in [1.54, 1.807) is 6.08 Å². The van der Waals surface area contributed by atoms with Crippen molar-refractivity contribution in [3.63, 3.8) is 0 Å². The molecular formula is C68H130N2O6P+. The van der Waals surface area contributed by atoms with Crippen molar-refractivity contribution in [2.75, 3.05) is 40.9 Å². The second-order valence-corrected chi connectivity index (χ2v) is 25.3. The van der Waals surface area contributed by atoms with Gasteiger partial charge in [0.05, 0.1) is 39.9 Å². The van der Waals surface area contributed by atoms with Crippen molar-refractivity contribution in [2.24, 2.45) is 0 Å². The summed E-state index contributed by atoms with van der Waals surface area (Å²) in [6.07, 6.45) is 80.7. The molecule has 0 bridgehead atoms. The van der Waals surface area contributed by atoms with Gasteiger partial charge in [-0.25, -0.2) is 4.57 Å². The van der Waals surface area contributed by atoms with E-state index in [2.05, 4.69) is 67.8 Å². The van der Waals surface area contributed by atoms with Gasteiger partial charge in [0.15, 0.2) is 0 Å². The predicted molar refractivity (Wildman–Crippen MR) is 337 cm³/mol. The maximum absolute atomic E-state index is 13.0. The number of allylic oxidation sites excluding steroid dienone is 9. The summed E-state index contributed by atoms with van der Waals surface area (Å²) in [5, 5.41) is 14.0. The summed E-state index contributed by atoms with van der Waals surface area (Å²) in [6, 6.07) is -0.872. The summed E-state index contributed by atoms with van der Waals surface area (Å²) in [5.41, 5.74) is 0. The van der Waals surface area contributed by atoms with Crippen LogP contribution >= 0.6 is 7.82 Å². The van der Waals surface area contributed by atoms with Crippen LogP contribution < -0.4 is 5.32 Å². The molecule has 0 aromatic heterocycles. The third-order valence-corrected chi connectivity index (χ3v) is 15.9. The Bertz CT molecular complexity index is 1440. The first-order chi connectivity index (χ1) is 37.5. The molecule has 8 nitrogen and oxygen atoms in total. The second-order valence-electron chi connectivity index (χ2n) is 23.8. The number of likely N-dealkylation sites (N-methyl/N-ethyl adjacent to an activating group) is 1. The average Bonchev–Trinajstić information content (AvgIpc) is 3.39. The number of unbranched alkanes of at least 4 members (excludes halogenated alkanes) is 40. The molecule has 0 aromatic rings. The van der Waals surface area contributed by atoms with Crippen molar-refractivity contribution in [3.8, 4) is 0 Å². The number of nitrogens with one attached hydrogen (secondary N) is 1. The maximum Gasteiger partial charge on any atom is 0.472 e. The van der Waals surface area contributed by atoms with Crippen LogP contribution in [0.5, 0.6) is 0 Å². The molecule has 3 N–H and O–H groups in total. The van der Waals surface area contributed by atoms with Gasteiger partial charge in [-0.05, 0) is 77.0 Å². The third-order valence-electron chi connectivity index (χ3n) is 14.9. The van der Waals surface area contributed by atoms with E-state index in [0.29, 0.717) is 17.4 Å². The Labute approximate surface area is 479 Å². The minimum Gasteiger partial charge on any atom is -0.387 e. The Morgan fingerprint density at radius 3 is 1.12 bits per heavy atom. The fourth-order valence-electron chi connectivity index (χ4n) is 9.75. The monoisotopic (exact) mass is 1100 g/mol. The SMILES string of the molecule is CCCCCCC/C=C\C/C=C\CCCCCCCCCCCCCCCCCCCC(=O)NC(COP(=O)(O)OCC[N+](C)(C)C)C(O)/C=C/CC/C=C/CC/C=C/CCCCCCCCCCCCCCCCCC. The van der Waals surface area contributed by atoms with Crippen LogP contribution in [0.3, 0.4) is 0 Å². The molecule has 3 atom stereocenters. The van der Waals surface area contributed by atoms with E-state index in [1.807, 2.05) is 27.2 Å². The lowest BCUT2D eigenvalue weighted by Crippen LogP contribution is -2.45. The first-order valence-corrected chi connectivity index (χ1v) is 34.7. The van der Waals surface area contributed by atoms with Gasteiger partial charge in [-0.2, -0.15) is 0 Å². The third kappa shape index (κ3) is 61.7. The van der Waals surface area contributed by atoms with Crippen molar-refractivity contribution in [1.29, 1.82) is 0 Å². The molecule has 0 aliphatic rings. The number of aliphatic hydroxyl groups is 1. The molecule has 0 radical (unpaired) electrons. The molecule has 0 saturated carbocycles. The molecule has 3 unspecified atom stereocenters. The number of aliphatic hydroxyl groups excluding tert-OH is 1. The number of amides is 1. The Kier molecular flexibility index (Phi) is 57.5. The number of phosphoric acid groups is 1. The highest BCUT2D eigenvalue weighted by Crippen LogP contribution is 2.43. The molecule has 9 heteroatoms. The lowest BCUT2D eigenvalue weighted by Gasteiger charge is -2.25. The Morgan fingerprint density at radius 1 is 0.442 bits per heavy atom. The van der Waals surface area contributed by atoms with Crippen LogP contribution in [0, 0.1) is 0 Å². The number of quaternary nitrogens is 1. The molecule has 1 amide bonds. The largest absolute Gasteiger partial charge is 0.472 e. The first-order valence-electron chi connectivity index (χ1n) is 33.2. The normalized spacial score (nSPS) is 14.1. The molecule has 0 heterocycles. The average molecular weight is 1100 g/mol. The lowest BCUT2D eigenvalue weighted by molar-refractivity contribution is -0.870. The standard InChI is InChI=1S/C68H129N2O6P/c1-6-8-10-12-14-16-18-20-22-24-26-28-30-32-34-35-36-38-40-42-44-46-48-50-52-54-56-58-60-62-68(72)69-66(65-76-77(73,74)75-64-63-70(3,4)5)67(71)61-59-57-55-53-51-49-47-45-43-41-39-37-33-31-29-27-25-23-21-19-17-15-13-11-9-7-2/h18,20,24,26,43,45,51,53,59,61,66-67,71H,6-17,19,21-23,25,27-42,44,46-50,52,54-58,60,62-65H2,1-5H3,(H-,69,72,73,74)/p+1/b20-18-,26-24-,45-43+,53-51+,61-59+. The molecule has 0 saturated heterocycles. The molecule has 0 rings (SSSR count). The number of rotatable bonds is 61. The lowest BCUT2D eigenvalue weighted by atomic mass is 10.0. The van der Waals surface area contributed by atoms with Crippen LogP contribution in [-0.4, -0.2) is 73.4 Å². The second kappa shape index (κ2) is 58.8. The number of nitrogens with zero attached hydrogens (tertiary/aromatic N) is 1. The Balaban J connectivity index is 4.16. The smallest absolute Gasteiger partial charge is 0.387 e. The number of hydrogen-bond donors (Lipinski definition) is 3. The minimum atomic E-state index is -4.37. The van der Waals surface area contributed by atoms with E-state index in [-0.39, 0.29) is 19.1 Å². The summed E-state index contributed by atoms with van der Waals surface area (Å²) in [6.45, 7) is 4.81. The van der Waals surface area contributed by atoms with Gasteiger partial charge in [-0.1, -0.05) is 293 Å². The van der Waals surface area contributed by atoms with Gasteiger partial charge in [0.1, 0.15) is 13.2 Å². The number of hydrogen-bond acceptors (Lipinski definition) is 5. The van der Waals surface area contributed by atoms with Crippen LogP contribution in [0.15, 0.2) is 60.8 Å². The van der Waals surface area contributed by atoms with Crippen molar-refractivity contribution in [1.82, 2.24) is 5.32 Å². The van der Waals surface area contributed by atoms with Crippen LogP contribution in [0.1, 0.15) is 316 Å². The molecule has 77 heavy (non-hydrogen) atoms. The van der Waals surface area contributed by atoms with Crippen molar-refractivity contribution < 1.29 is 32.9 Å². The molecular weight excluding hydrogens is 972 g/mol. The zero-order valence-corrected chi connectivity index (χ0v) is 52.6. The van der Waals surface area contributed by atoms with Gasteiger partial charge in [0.25, 0.3) is 0 Å². The van der Waals surface area contributed by atoms with Gasteiger partial charge in [-0.3, -0.25) is 13.8 Å². The van der Waals surface area contributed by atoms with Crippen LogP contribution in [-0.2, 0) is 18.4 Å². The molecule has 0 aliphatic heterocycles. The van der Waals surface area contributed by atoms with Gasteiger partial charge < -0.3 is 19.8 Å². The molecule has 452 valence electrons. The minimum absolute atomic E-state index is 0.0531. The first kappa shape index (κ1) is 75.2. The quantitative estimate of drug-likeness (QED) is 0.0243. The molecule has 0 aromatic carbocycles. The molecule has 0 fully saturated rings. The number of carbonyl (C=O) groups excluding carboxylic acids is 1.